The molecule has 0 radical (unpaired) electrons. The molecule has 2 rings (SSSR count). The van der Waals surface area contributed by atoms with Crippen molar-refractivity contribution in [2.75, 3.05) is 24.3 Å². The highest BCUT2D eigenvalue weighted by Gasteiger charge is 2.07. The monoisotopic (exact) mass is 283 g/mol. The van der Waals surface area contributed by atoms with Crippen LogP contribution in [0.1, 0.15) is 20.3 Å². The summed E-state index contributed by atoms with van der Waals surface area (Å²) in [5.41, 5.74) is 2.50. The summed E-state index contributed by atoms with van der Waals surface area (Å²) in [7, 11) is 3.93. The van der Waals surface area contributed by atoms with E-state index in [-0.39, 0.29) is 5.91 Å². The molecule has 0 saturated carbocycles. The molecule has 1 amide bonds. The van der Waals surface area contributed by atoms with Crippen LogP contribution < -0.4 is 10.2 Å². The number of nitrogens with zero attached hydrogens (tertiary/aromatic N) is 2. The Hall–Kier alpha value is -2.36. The van der Waals surface area contributed by atoms with Crippen LogP contribution in [0, 0.1) is 0 Å². The minimum Gasteiger partial charge on any atom is -0.363 e. The zero-order valence-corrected chi connectivity index (χ0v) is 13.0. The molecular formula is C17H21N3O. The van der Waals surface area contributed by atoms with Crippen LogP contribution in [0.15, 0.2) is 42.0 Å². The van der Waals surface area contributed by atoms with Crippen molar-refractivity contribution in [3.63, 3.8) is 0 Å². The average Bonchev–Trinajstić information content (AvgIpc) is 2.47. The Morgan fingerprint density at radius 1 is 1.29 bits per heavy atom. The number of carbonyl (C=O) groups is 1. The van der Waals surface area contributed by atoms with Crippen molar-refractivity contribution in [1.29, 1.82) is 0 Å². The second kappa shape index (κ2) is 6.39. The van der Waals surface area contributed by atoms with E-state index < -0.39 is 0 Å². The molecule has 110 valence electrons. The van der Waals surface area contributed by atoms with Crippen molar-refractivity contribution in [2.24, 2.45) is 0 Å². The van der Waals surface area contributed by atoms with Gasteiger partial charge in [0.1, 0.15) is 5.82 Å². The van der Waals surface area contributed by atoms with E-state index >= 15 is 0 Å². The molecule has 0 bridgehead atoms. The summed E-state index contributed by atoms with van der Waals surface area (Å²) in [4.78, 5) is 18.6. The van der Waals surface area contributed by atoms with Gasteiger partial charge in [0, 0.05) is 30.7 Å². The number of hydrogen-bond acceptors (Lipinski definition) is 3. The molecule has 4 nitrogen and oxygen atoms in total. The molecule has 21 heavy (non-hydrogen) atoms. The molecule has 0 unspecified atom stereocenters. The van der Waals surface area contributed by atoms with Gasteiger partial charge in [0.25, 0.3) is 5.91 Å². The van der Waals surface area contributed by atoms with Crippen LogP contribution in [0.3, 0.4) is 0 Å². The van der Waals surface area contributed by atoms with Gasteiger partial charge in [0.2, 0.25) is 0 Å². The van der Waals surface area contributed by atoms with Crippen LogP contribution in [0.2, 0.25) is 0 Å². The van der Waals surface area contributed by atoms with Crippen molar-refractivity contribution in [1.82, 2.24) is 4.98 Å². The average molecular weight is 283 g/mol. The van der Waals surface area contributed by atoms with Crippen LogP contribution in [0.25, 0.3) is 10.9 Å². The number of rotatable bonds is 4. The largest absolute Gasteiger partial charge is 0.363 e. The highest BCUT2D eigenvalue weighted by Crippen LogP contribution is 2.21. The molecule has 0 aliphatic rings. The predicted molar refractivity (Wildman–Crippen MR) is 88.7 cm³/mol. The Bertz CT molecular complexity index is 689. The number of amides is 1. The third-order valence-corrected chi connectivity index (χ3v) is 3.41. The number of anilines is 2. The summed E-state index contributed by atoms with van der Waals surface area (Å²) in [6, 6.07) is 9.75. The lowest BCUT2D eigenvalue weighted by Gasteiger charge is -2.12. The maximum atomic E-state index is 12.1. The Morgan fingerprint density at radius 2 is 2.05 bits per heavy atom. The number of hydrogen-bond donors (Lipinski definition) is 1. The summed E-state index contributed by atoms with van der Waals surface area (Å²) in [6.07, 6.45) is 2.57. The lowest BCUT2D eigenvalue weighted by molar-refractivity contribution is -0.113. The first-order valence-corrected chi connectivity index (χ1v) is 7.09. The molecule has 0 spiro atoms. The molecule has 1 N–H and O–H groups in total. The third-order valence-electron chi connectivity index (χ3n) is 3.41. The fourth-order valence-electron chi connectivity index (χ4n) is 2.15. The minimum absolute atomic E-state index is 0.0442. The number of fused-ring (bicyclic) bond motifs is 1. The maximum absolute atomic E-state index is 12.1. The highest BCUT2D eigenvalue weighted by atomic mass is 16.1. The summed E-state index contributed by atoms with van der Waals surface area (Å²) in [5, 5.41) is 3.94. The number of carbonyl (C=O) groups excluding carboxylic acids is 1. The molecule has 2 aromatic rings. The highest BCUT2D eigenvalue weighted by molar-refractivity contribution is 6.04. The SMILES string of the molecule is C/C=C(\CC)C(=O)Nc1ccc2nc(N(C)C)ccc2c1. The smallest absolute Gasteiger partial charge is 0.251 e. The van der Waals surface area contributed by atoms with Gasteiger partial charge in [-0.15, -0.1) is 0 Å². The molecule has 4 heteroatoms. The minimum atomic E-state index is -0.0442. The van der Waals surface area contributed by atoms with E-state index in [1.807, 2.05) is 69.3 Å². The molecule has 0 saturated heterocycles. The van der Waals surface area contributed by atoms with E-state index in [0.717, 1.165) is 34.4 Å². The van der Waals surface area contributed by atoms with Crippen molar-refractivity contribution in [3.05, 3.63) is 42.0 Å². The van der Waals surface area contributed by atoms with Crippen molar-refractivity contribution in [2.45, 2.75) is 20.3 Å². The molecule has 1 heterocycles. The Kier molecular flexibility index (Phi) is 4.58. The van der Waals surface area contributed by atoms with Gasteiger partial charge in [-0.05, 0) is 43.7 Å². The number of aromatic nitrogens is 1. The van der Waals surface area contributed by atoms with Gasteiger partial charge < -0.3 is 10.2 Å². The van der Waals surface area contributed by atoms with Gasteiger partial charge in [-0.3, -0.25) is 4.79 Å². The first kappa shape index (κ1) is 15.0. The van der Waals surface area contributed by atoms with Crippen LogP contribution in [0.4, 0.5) is 11.5 Å². The van der Waals surface area contributed by atoms with Crippen LogP contribution in [-0.2, 0) is 4.79 Å². The molecule has 1 aromatic carbocycles. The van der Waals surface area contributed by atoms with Crippen LogP contribution in [-0.4, -0.2) is 25.0 Å². The number of nitrogens with one attached hydrogen (secondary N) is 1. The molecule has 0 aliphatic carbocycles. The molecular weight excluding hydrogens is 262 g/mol. The van der Waals surface area contributed by atoms with E-state index in [2.05, 4.69) is 10.3 Å². The van der Waals surface area contributed by atoms with E-state index in [1.54, 1.807) is 0 Å². The van der Waals surface area contributed by atoms with Gasteiger partial charge in [-0.1, -0.05) is 13.0 Å². The number of allylic oxidation sites excluding steroid dienone is 1. The third kappa shape index (κ3) is 3.40. The summed E-state index contributed by atoms with van der Waals surface area (Å²) >= 11 is 0. The quantitative estimate of drug-likeness (QED) is 0.872. The number of pyridine rings is 1. The van der Waals surface area contributed by atoms with Gasteiger partial charge in [-0.25, -0.2) is 4.98 Å². The second-order valence-corrected chi connectivity index (χ2v) is 5.09. The van der Waals surface area contributed by atoms with Crippen molar-refractivity contribution >= 4 is 28.3 Å². The fourth-order valence-corrected chi connectivity index (χ4v) is 2.15. The zero-order valence-electron chi connectivity index (χ0n) is 13.0. The number of benzene rings is 1. The molecule has 1 aromatic heterocycles. The first-order valence-electron chi connectivity index (χ1n) is 7.09. The van der Waals surface area contributed by atoms with E-state index in [0.29, 0.717) is 0 Å². The van der Waals surface area contributed by atoms with E-state index in [1.165, 1.54) is 0 Å². The maximum Gasteiger partial charge on any atom is 0.251 e. The van der Waals surface area contributed by atoms with Crippen molar-refractivity contribution < 1.29 is 4.79 Å². The normalized spacial score (nSPS) is 11.5. The Balaban J connectivity index is 2.27. The van der Waals surface area contributed by atoms with Gasteiger partial charge in [0.05, 0.1) is 5.52 Å². The topological polar surface area (TPSA) is 45.2 Å². The van der Waals surface area contributed by atoms with Crippen LogP contribution >= 0.6 is 0 Å². The fraction of sp³-hybridized carbons (Fsp3) is 0.294. The zero-order chi connectivity index (χ0) is 15.4. The Morgan fingerprint density at radius 3 is 2.67 bits per heavy atom. The van der Waals surface area contributed by atoms with Crippen LogP contribution in [0.5, 0.6) is 0 Å². The summed E-state index contributed by atoms with van der Waals surface area (Å²) in [5.74, 6) is 0.874. The standard InChI is InChI=1S/C17H21N3O/c1-5-12(6-2)17(21)18-14-8-9-15-13(11-14)7-10-16(19-15)20(3)4/h5,7-11H,6H2,1-4H3,(H,18,21)/b12-5+. The van der Waals surface area contributed by atoms with Gasteiger partial charge in [-0.2, -0.15) is 0 Å². The second-order valence-electron chi connectivity index (χ2n) is 5.09. The van der Waals surface area contributed by atoms with Gasteiger partial charge in [0.15, 0.2) is 0 Å². The van der Waals surface area contributed by atoms with E-state index in [9.17, 15) is 4.79 Å². The Labute approximate surface area is 125 Å². The van der Waals surface area contributed by atoms with Crippen molar-refractivity contribution in [3.8, 4) is 0 Å². The summed E-state index contributed by atoms with van der Waals surface area (Å²) < 4.78 is 0. The summed E-state index contributed by atoms with van der Waals surface area (Å²) in [6.45, 7) is 3.85. The molecule has 0 atom stereocenters. The predicted octanol–water partition coefficient (Wildman–Crippen LogP) is 3.60. The lowest BCUT2D eigenvalue weighted by Crippen LogP contribution is -2.14. The van der Waals surface area contributed by atoms with E-state index in [4.69, 9.17) is 0 Å². The molecule has 0 aliphatic heterocycles. The van der Waals surface area contributed by atoms with Gasteiger partial charge >= 0.3 is 0 Å². The molecule has 0 fully saturated rings. The lowest BCUT2D eigenvalue weighted by atomic mass is 10.1. The first-order chi connectivity index (χ1) is 10.0.